The van der Waals surface area contributed by atoms with E-state index in [0.717, 1.165) is 36.5 Å². The Morgan fingerprint density at radius 2 is 2.09 bits per heavy atom. The number of alkyl halides is 2. The van der Waals surface area contributed by atoms with Crippen molar-refractivity contribution >= 4 is 28.4 Å². The minimum Gasteiger partial charge on any atom is -0.435 e. The Hall–Kier alpha value is -3.27. The fraction of sp³-hybridized carbons (Fsp3) is 0.435. The van der Waals surface area contributed by atoms with Crippen LogP contribution in [-0.2, 0) is 11.3 Å². The predicted molar refractivity (Wildman–Crippen MR) is 122 cm³/mol. The molecular formula is C23H26F2N6O2. The second kappa shape index (κ2) is 9.30. The van der Waals surface area contributed by atoms with Gasteiger partial charge >= 0.3 is 6.61 Å². The molecule has 0 radical (unpaired) electrons. The van der Waals surface area contributed by atoms with Crippen LogP contribution in [0.3, 0.4) is 0 Å². The minimum absolute atomic E-state index is 0.0928. The number of pyridine rings is 1. The van der Waals surface area contributed by atoms with Gasteiger partial charge in [0, 0.05) is 31.3 Å². The van der Waals surface area contributed by atoms with Crippen molar-refractivity contribution in [2.75, 3.05) is 36.6 Å². The number of hydrogen-bond donors (Lipinski definition) is 1. The summed E-state index contributed by atoms with van der Waals surface area (Å²) >= 11 is 0. The van der Waals surface area contributed by atoms with Crippen molar-refractivity contribution in [2.24, 2.45) is 11.0 Å². The summed E-state index contributed by atoms with van der Waals surface area (Å²) in [5.41, 5.74) is 7.05. The molecule has 174 valence electrons. The number of benzene rings is 1. The molecule has 1 aromatic carbocycles. The van der Waals surface area contributed by atoms with E-state index in [0.29, 0.717) is 36.2 Å². The molecule has 3 heterocycles. The maximum atomic E-state index is 12.5. The molecule has 0 amide bonds. The second-order valence-corrected chi connectivity index (χ2v) is 8.35. The highest BCUT2D eigenvalue weighted by atomic mass is 19.3. The third-order valence-electron chi connectivity index (χ3n) is 5.87. The molecular weight excluding hydrogens is 430 g/mol. The van der Waals surface area contributed by atoms with Crippen LogP contribution in [0.15, 0.2) is 41.8 Å². The molecule has 1 N–H and O–H groups in total. The van der Waals surface area contributed by atoms with Gasteiger partial charge in [0.25, 0.3) is 0 Å². The standard InChI is InChI=1S/C23H26F2N6O2/c1-15(17-3-2-4-18(11-17)33-23(24)25)28-29-20-12-19(30-7-9-32-10-8-30)21-22(27-20)31(14-26-21)13-16-5-6-16/h2-4,11-12,14,16,23H,5-10,13H2,1H3,(H,27,29)/b28-15+. The monoisotopic (exact) mass is 456 g/mol. The lowest BCUT2D eigenvalue weighted by Crippen LogP contribution is -2.36. The lowest BCUT2D eigenvalue weighted by molar-refractivity contribution is -0.0498. The molecule has 1 saturated heterocycles. The second-order valence-electron chi connectivity index (χ2n) is 8.35. The number of morpholine rings is 1. The molecule has 0 bridgehead atoms. The van der Waals surface area contributed by atoms with E-state index in [-0.39, 0.29) is 5.75 Å². The highest BCUT2D eigenvalue weighted by molar-refractivity contribution is 5.99. The zero-order chi connectivity index (χ0) is 22.8. The van der Waals surface area contributed by atoms with Crippen LogP contribution in [-0.4, -0.2) is 53.2 Å². The van der Waals surface area contributed by atoms with E-state index in [1.807, 2.05) is 12.4 Å². The first-order valence-corrected chi connectivity index (χ1v) is 11.1. The van der Waals surface area contributed by atoms with Gasteiger partial charge in [-0.15, -0.1) is 0 Å². The van der Waals surface area contributed by atoms with Crippen LogP contribution in [0.2, 0.25) is 0 Å². The normalized spacial score (nSPS) is 17.1. The summed E-state index contributed by atoms with van der Waals surface area (Å²) in [5.74, 6) is 1.38. The first-order valence-electron chi connectivity index (χ1n) is 11.1. The first kappa shape index (κ1) is 21.6. The van der Waals surface area contributed by atoms with Crippen molar-refractivity contribution in [3.63, 3.8) is 0 Å². The van der Waals surface area contributed by atoms with E-state index in [1.54, 1.807) is 19.1 Å². The molecule has 1 saturated carbocycles. The van der Waals surface area contributed by atoms with Gasteiger partial charge in [-0.1, -0.05) is 12.1 Å². The number of imidazole rings is 1. The number of hydrazone groups is 1. The number of nitrogens with one attached hydrogen (secondary N) is 1. The third kappa shape index (κ3) is 5.05. The van der Waals surface area contributed by atoms with Crippen molar-refractivity contribution in [3.05, 3.63) is 42.2 Å². The topological polar surface area (TPSA) is 76.8 Å². The molecule has 2 aliphatic rings. The smallest absolute Gasteiger partial charge is 0.387 e. The molecule has 10 heteroatoms. The van der Waals surface area contributed by atoms with Gasteiger partial charge in [0.05, 0.1) is 30.9 Å². The van der Waals surface area contributed by atoms with E-state index in [1.165, 1.54) is 25.0 Å². The Balaban J connectivity index is 1.44. The number of aromatic nitrogens is 3. The van der Waals surface area contributed by atoms with Crippen LogP contribution < -0.4 is 15.1 Å². The SMILES string of the molecule is C/C(=N\Nc1cc(N2CCOCC2)c2ncn(CC3CC3)c2n1)c1cccc(OC(F)F)c1. The number of ether oxygens (including phenoxy) is 2. The van der Waals surface area contributed by atoms with Gasteiger partial charge < -0.3 is 18.9 Å². The Labute approximate surface area is 190 Å². The molecule has 2 aromatic heterocycles. The molecule has 0 atom stereocenters. The Kier molecular flexibility index (Phi) is 6.08. The summed E-state index contributed by atoms with van der Waals surface area (Å²) < 4.78 is 37.2. The van der Waals surface area contributed by atoms with Crippen molar-refractivity contribution in [2.45, 2.75) is 32.9 Å². The summed E-state index contributed by atoms with van der Waals surface area (Å²) in [4.78, 5) is 11.7. The number of nitrogens with zero attached hydrogens (tertiary/aromatic N) is 5. The Morgan fingerprint density at radius 1 is 1.27 bits per heavy atom. The number of fused-ring (bicyclic) bond motifs is 1. The molecule has 2 fully saturated rings. The molecule has 0 spiro atoms. The van der Waals surface area contributed by atoms with Crippen LogP contribution >= 0.6 is 0 Å². The number of hydrogen-bond acceptors (Lipinski definition) is 7. The van der Waals surface area contributed by atoms with Crippen molar-refractivity contribution in [1.82, 2.24) is 14.5 Å². The molecule has 1 aliphatic heterocycles. The van der Waals surface area contributed by atoms with Gasteiger partial charge in [0.15, 0.2) is 11.5 Å². The summed E-state index contributed by atoms with van der Waals surface area (Å²) in [7, 11) is 0. The summed E-state index contributed by atoms with van der Waals surface area (Å²) in [6, 6.07) is 8.42. The van der Waals surface area contributed by atoms with Crippen molar-refractivity contribution < 1.29 is 18.3 Å². The van der Waals surface area contributed by atoms with Gasteiger partial charge in [0.1, 0.15) is 11.3 Å². The quantitative estimate of drug-likeness (QED) is 0.406. The largest absolute Gasteiger partial charge is 0.435 e. The maximum absolute atomic E-state index is 12.5. The minimum atomic E-state index is -2.87. The number of anilines is 2. The molecule has 33 heavy (non-hydrogen) atoms. The highest BCUT2D eigenvalue weighted by Gasteiger charge is 2.24. The van der Waals surface area contributed by atoms with Crippen LogP contribution in [0, 0.1) is 5.92 Å². The molecule has 0 unspecified atom stereocenters. The predicted octanol–water partition coefficient (Wildman–Crippen LogP) is 4.12. The Bertz CT molecular complexity index is 1160. The molecule has 1 aliphatic carbocycles. The van der Waals surface area contributed by atoms with E-state index < -0.39 is 6.61 Å². The van der Waals surface area contributed by atoms with E-state index in [9.17, 15) is 8.78 Å². The number of rotatable bonds is 8. The molecule has 3 aromatic rings. The zero-order valence-electron chi connectivity index (χ0n) is 18.4. The molecule has 8 nitrogen and oxygen atoms in total. The summed E-state index contributed by atoms with van der Waals surface area (Å²) in [6.07, 6.45) is 4.35. The van der Waals surface area contributed by atoms with Crippen LogP contribution in [0.4, 0.5) is 20.3 Å². The lowest BCUT2D eigenvalue weighted by Gasteiger charge is -2.29. The van der Waals surface area contributed by atoms with E-state index in [4.69, 9.17) is 9.72 Å². The summed E-state index contributed by atoms with van der Waals surface area (Å²) in [5, 5.41) is 4.45. The maximum Gasteiger partial charge on any atom is 0.387 e. The van der Waals surface area contributed by atoms with Crippen LogP contribution in [0.5, 0.6) is 5.75 Å². The van der Waals surface area contributed by atoms with Crippen molar-refractivity contribution in [3.8, 4) is 5.75 Å². The van der Waals surface area contributed by atoms with Crippen LogP contribution in [0.1, 0.15) is 25.3 Å². The Morgan fingerprint density at radius 3 is 2.85 bits per heavy atom. The molecule has 5 rings (SSSR count). The average molecular weight is 456 g/mol. The van der Waals surface area contributed by atoms with Gasteiger partial charge in [0.2, 0.25) is 0 Å². The zero-order valence-corrected chi connectivity index (χ0v) is 18.4. The fourth-order valence-electron chi connectivity index (χ4n) is 3.94. The average Bonchev–Trinajstić information content (AvgIpc) is 3.56. The van der Waals surface area contributed by atoms with Gasteiger partial charge in [-0.05, 0) is 37.8 Å². The van der Waals surface area contributed by atoms with Crippen LogP contribution in [0.25, 0.3) is 11.2 Å². The van der Waals surface area contributed by atoms with E-state index in [2.05, 4.69) is 29.7 Å². The van der Waals surface area contributed by atoms with Gasteiger partial charge in [-0.3, -0.25) is 5.43 Å². The fourth-order valence-corrected chi connectivity index (χ4v) is 3.94. The van der Waals surface area contributed by atoms with Crippen molar-refractivity contribution in [1.29, 1.82) is 0 Å². The first-order chi connectivity index (χ1) is 16.1. The van der Waals surface area contributed by atoms with E-state index >= 15 is 0 Å². The lowest BCUT2D eigenvalue weighted by atomic mass is 10.1. The van der Waals surface area contributed by atoms with Gasteiger partial charge in [-0.25, -0.2) is 9.97 Å². The highest BCUT2D eigenvalue weighted by Crippen LogP contribution is 2.33. The number of halogens is 2. The van der Waals surface area contributed by atoms with Gasteiger partial charge in [-0.2, -0.15) is 13.9 Å². The third-order valence-corrected chi connectivity index (χ3v) is 5.87. The summed E-state index contributed by atoms with van der Waals surface area (Å²) in [6.45, 7) is 2.75.